The summed E-state index contributed by atoms with van der Waals surface area (Å²) in [7, 11) is 0. The van der Waals surface area contributed by atoms with E-state index in [0.717, 1.165) is 77.0 Å². The Kier molecular flexibility index (Phi) is 4.30. The molecule has 0 bridgehead atoms. The fraction of sp³-hybridized carbons (Fsp3) is 0.370. The molecule has 166 valence electrons. The van der Waals surface area contributed by atoms with Crippen LogP contribution in [0.3, 0.4) is 0 Å². The zero-order valence-electron chi connectivity index (χ0n) is 19.0. The molecule has 6 nitrogen and oxygen atoms in total. The number of aromatic nitrogens is 3. The maximum atomic E-state index is 13.0. The molecule has 0 saturated heterocycles. The van der Waals surface area contributed by atoms with Gasteiger partial charge in [0.05, 0.1) is 22.5 Å². The van der Waals surface area contributed by atoms with Crippen LogP contribution in [0.5, 0.6) is 0 Å². The Labute approximate surface area is 193 Å². The van der Waals surface area contributed by atoms with E-state index in [1.165, 1.54) is 6.42 Å². The molecule has 1 aliphatic heterocycles. The first-order valence-corrected chi connectivity index (χ1v) is 11.7. The second-order valence-electron chi connectivity index (χ2n) is 10.2. The Morgan fingerprint density at radius 2 is 1.94 bits per heavy atom. The minimum absolute atomic E-state index is 0.0407. The zero-order valence-corrected chi connectivity index (χ0v) is 19.0. The van der Waals surface area contributed by atoms with Crippen LogP contribution in [0.15, 0.2) is 30.5 Å². The second kappa shape index (κ2) is 7.03. The summed E-state index contributed by atoms with van der Waals surface area (Å²) in [4.78, 5) is 26.2. The number of H-pyrrole nitrogens is 1. The molecule has 2 aromatic heterocycles. The van der Waals surface area contributed by atoms with Gasteiger partial charge in [0.1, 0.15) is 0 Å². The van der Waals surface area contributed by atoms with Gasteiger partial charge in [-0.05, 0) is 81.3 Å². The van der Waals surface area contributed by atoms with Crippen molar-refractivity contribution in [2.75, 3.05) is 0 Å². The average molecular weight is 438 g/mol. The van der Waals surface area contributed by atoms with Crippen LogP contribution in [0.25, 0.3) is 22.8 Å². The average Bonchev–Trinajstić information content (AvgIpc) is 3.15. The maximum absolute atomic E-state index is 13.0. The number of amides is 1. The van der Waals surface area contributed by atoms with Gasteiger partial charge in [0, 0.05) is 35.0 Å². The number of carbonyl (C=O) groups excluding carboxylic acids is 1. The first-order chi connectivity index (χ1) is 15.8. The first kappa shape index (κ1) is 20.2. The van der Waals surface area contributed by atoms with Crippen molar-refractivity contribution in [1.82, 2.24) is 20.3 Å². The zero-order chi connectivity index (χ0) is 22.8. The Morgan fingerprint density at radius 1 is 1.15 bits per heavy atom. The third kappa shape index (κ3) is 3.44. The maximum Gasteiger partial charge on any atom is 0.253 e. The molecule has 1 saturated carbocycles. The highest BCUT2D eigenvalue weighted by molar-refractivity contribution is 6.01. The van der Waals surface area contributed by atoms with Gasteiger partial charge in [0.15, 0.2) is 5.82 Å². The van der Waals surface area contributed by atoms with Gasteiger partial charge >= 0.3 is 0 Å². The number of nitrogens with two attached hydrogens (primary N) is 1. The van der Waals surface area contributed by atoms with Crippen LogP contribution in [0, 0.1) is 11.8 Å². The lowest BCUT2D eigenvalue weighted by molar-refractivity contribution is 0.0793. The number of carbonyl (C=O) groups is 1. The first-order valence-electron chi connectivity index (χ1n) is 11.7. The van der Waals surface area contributed by atoms with Gasteiger partial charge < -0.3 is 16.0 Å². The van der Waals surface area contributed by atoms with Crippen LogP contribution in [0.4, 0.5) is 0 Å². The summed E-state index contributed by atoms with van der Waals surface area (Å²) in [6.07, 6.45) is 7.80. The van der Waals surface area contributed by atoms with Crippen LogP contribution in [0.2, 0.25) is 0 Å². The topological polar surface area (TPSA) is 96.7 Å². The molecule has 0 unspecified atom stereocenters. The molecule has 3 aliphatic rings. The number of rotatable bonds is 1. The summed E-state index contributed by atoms with van der Waals surface area (Å²) in [5.41, 5.74) is 13.3. The molecular weight excluding hydrogens is 410 g/mol. The smallest absolute Gasteiger partial charge is 0.253 e. The molecule has 3 heterocycles. The molecule has 4 N–H and O–H groups in total. The molecular formula is C27H27N5O. The van der Waals surface area contributed by atoms with Gasteiger partial charge in [0.25, 0.3) is 5.91 Å². The van der Waals surface area contributed by atoms with Crippen LogP contribution in [-0.4, -0.2) is 31.9 Å². The molecule has 6 rings (SSSR count). The molecule has 1 aromatic carbocycles. The summed E-state index contributed by atoms with van der Waals surface area (Å²) in [6, 6.07) is 7.93. The predicted molar refractivity (Wildman–Crippen MR) is 128 cm³/mol. The minimum Gasteiger partial charge on any atom is -0.356 e. The summed E-state index contributed by atoms with van der Waals surface area (Å²) in [5.74, 6) is 6.91. The number of nitrogens with one attached hydrogen (secondary N) is 2. The Morgan fingerprint density at radius 3 is 2.64 bits per heavy atom. The van der Waals surface area contributed by atoms with E-state index < -0.39 is 5.54 Å². The Hall–Kier alpha value is -3.43. The van der Waals surface area contributed by atoms with Crippen LogP contribution >= 0.6 is 0 Å². The van der Waals surface area contributed by atoms with Crippen molar-refractivity contribution in [3.63, 3.8) is 0 Å². The third-order valence-corrected chi connectivity index (χ3v) is 7.03. The van der Waals surface area contributed by atoms with Gasteiger partial charge in [-0.3, -0.25) is 4.79 Å². The summed E-state index contributed by atoms with van der Waals surface area (Å²) >= 11 is 0. The second-order valence-corrected chi connectivity index (χ2v) is 10.2. The van der Waals surface area contributed by atoms with Crippen molar-refractivity contribution in [2.45, 2.75) is 63.5 Å². The van der Waals surface area contributed by atoms with Crippen LogP contribution < -0.4 is 11.1 Å². The van der Waals surface area contributed by atoms with E-state index in [9.17, 15) is 4.79 Å². The highest BCUT2D eigenvalue weighted by Gasteiger charge is 2.45. The van der Waals surface area contributed by atoms with Crippen molar-refractivity contribution in [2.24, 2.45) is 5.73 Å². The van der Waals surface area contributed by atoms with Crippen molar-refractivity contribution >= 4 is 5.91 Å². The third-order valence-electron chi connectivity index (χ3n) is 7.03. The van der Waals surface area contributed by atoms with E-state index in [-0.39, 0.29) is 11.4 Å². The number of aromatic amines is 1. The van der Waals surface area contributed by atoms with E-state index >= 15 is 0 Å². The van der Waals surface area contributed by atoms with E-state index in [4.69, 9.17) is 10.7 Å². The van der Waals surface area contributed by atoms with Crippen molar-refractivity contribution in [3.05, 3.63) is 58.4 Å². The van der Waals surface area contributed by atoms with E-state index in [1.807, 2.05) is 44.3 Å². The van der Waals surface area contributed by atoms with E-state index in [0.29, 0.717) is 5.82 Å². The SMILES string of the molecule is CC(C)(N)C#Cc1ccc(-c2ncc3c(n2)-c2[nH]c4c(c2CC3)C(=O)NC2(CCC2)C4)cc1. The molecule has 0 radical (unpaired) electrons. The lowest BCUT2D eigenvalue weighted by atomic mass is 9.71. The monoisotopic (exact) mass is 437 g/mol. The van der Waals surface area contributed by atoms with E-state index in [1.54, 1.807) is 0 Å². The fourth-order valence-corrected chi connectivity index (χ4v) is 5.19. The van der Waals surface area contributed by atoms with Crippen LogP contribution in [-0.2, 0) is 19.3 Å². The number of hydrogen-bond donors (Lipinski definition) is 3. The van der Waals surface area contributed by atoms with Crippen molar-refractivity contribution in [3.8, 4) is 34.6 Å². The summed E-state index contributed by atoms with van der Waals surface area (Å²) < 4.78 is 0. The molecule has 33 heavy (non-hydrogen) atoms. The van der Waals surface area contributed by atoms with Gasteiger partial charge in [-0.2, -0.15) is 0 Å². The van der Waals surface area contributed by atoms with Gasteiger partial charge in [-0.15, -0.1) is 0 Å². The highest BCUT2D eigenvalue weighted by Crippen LogP contribution is 2.43. The molecule has 1 spiro atoms. The number of benzene rings is 1. The van der Waals surface area contributed by atoms with Gasteiger partial charge in [-0.25, -0.2) is 9.97 Å². The van der Waals surface area contributed by atoms with E-state index in [2.05, 4.69) is 27.1 Å². The number of aryl methyl sites for hydroxylation is 1. The Bertz CT molecular complexity index is 1340. The molecule has 1 fully saturated rings. The number of nitrogens with zero attached hydrogens (tertiary/aromatic N) is 2. The molecule has 2 aliphatic carbocycles. The van der Waals surface area contributed by atoms with Gasteiger partial charge in [0.2, 0.25) is 0 Å². The molecule has 0 atom stereocenters. The minimum atomic E-state index is -0.525. The standard InChI is InChI=1S/C27H27N5O/c1-26(2,28)13-10-16-4-6-17(7-5-16)24-29-15-18-8-9-19-21-20(30-23(19)22(18)31-24)14-27(11-3-12-27)32-25(21)33/h4-7,15,30H,3,8-9,11-12,14,28H2,1-2H3,(H,32,33). The van der Waals surface area contributed by atoms with Crippen molar-refractivity contribution in [1.29, 1.82) is 0 Å². The predicted octanol–water partition coefficient (Wildman–Crippen LogP) is 3.53. The summed E-state index contributed by atoms with van der Waals surface area (Å²) in [5, 5.41) is 3.30. The molecule has 6 heteroatoms. The number of fused-ring (bicyclic) bond motifs is 5. The highest BCUT2D eigenvalue weighted by atomic mass is 16.2. The van der Waals surface area contributed by atoms with Crippen LogP contribution in [0.1, 0.15) is 65.9 Å². The largest absolute Gasteiger partial charge is 0.356 e. The normalized spacial score (nSPS) is 17.7. The van der Waals surface area contributed by atoms with Crippen molar-refractivity contribution < 1.29 is 4.79 Å². The quantitative estimate of drug-likeness (QED) is 0.508. The number of hydrogen-bond acceptors (Lipinski definition) is 4. The fourth-order valence-electron chi connectivity index (χ4n) is 5.19. The lowest BCUT2D eigenvalue weighted by Gasteiger charge is -2.45. The molecule has 1 amide bonds. The van der Waals surface area contributed by atoms with Gasteiger partial charge in [-0.1, -0.05) is 11.8 Å². The summed E-state index contributed by atoms with van der Waals surface area (Å²) in [6.45, 7) is 3.77. The Balaban J connectivity index is 1.36. The lowest BCUT2D eigenvalue weighted by Crippen LogP contribution is -2.57. The molecule has 3 aromatic rings.